The van der Waals surface area contributed by atoms with E-state index in [4.69, 9.17) is 0 Å². The highest BCUT2D eigenvalue weighted by atomic mass is 16.2. The second-order valence-electron chi connectivity index (χ2n) is 6.19. The summed E-state index contributed by atoms with van der Waals surface area (Å²) in [7, 11) is 0. The molecule has 118 valence electrons. The molecule has 1 aliphatic rings. The maximum atomic E-state index is 11.9. The Morgan fingerprint density at radius 3 is 3.00 bits per heavy atom. The summed E-state index contributed by atoms with van der Waals surface area (Å²) in [5.74, 6) is 0. The maximum Gasteiger partial charge on any atom is 0.315 e. The third kappa shape index (κ3) is 3.78. The Morgan fingerprint density at radius 2 is 2.18 bits per heavy atom. The number of amides is 2. The van der Waals surface area contributed by atoms with E-state index >= 15 is 0 Å². The lowest BCUT2D eigenvalue weighted by Gasteiger charge is -2.22. The number of hydrogen-bond acceptors (Lipinski definition) is 2. The van der Waals surface area contributed by atoms with Gasteiger partial charge in [0, 0.05) is 31.4 Å². The summed E-state index contributed by atoms with van der Waals surface area (Å²) in [6, 6.07) is 4.43. The molecule has 1 fully saturated rings. The highest BCUT2D eigenvalue weighted by Crippen LogP contribution is 2.17. The van der Waals surface area contributed by atoms with E-state index in [-0.39, 0.29) is 6.03 Å². The van der Waals surface area contributed by atoms with Gasteiger partial charge in [-0.25, -0.2) is 9.78 Å². The van der Waals surface area contributed by atoms with E-state index in [1.165, 1.54) is 24.8 Å². The molecule has 2 amide bonds. The fourth-order valence-corrected chi connectivity index (χ4v) is 3.04. The van der Waals surface area contributed by atoms with Crippen molar-refractivity contribution in [3.05, 3.63) is 35.8 Å². The van der Waals surface area contributed by atoms with Gasteiger partial charge in [0.05, 0.1) is 5.69 Å². The topological polar surface area (TPSA) is 58.4 Å². The molecule has 2 aromatic rings. The first kappa shape index (κ1) is 14.9. The number of nitrogens with one attached hydrogen (secondary N) is 2. The van der Waals surface area contributed by atoms with Crippen LogP contribution >= 0.6 is 0 Å². The lowest BCUT2D eigenvalue weighted by Crippen LogP contribution is -2.43. The number of carbonyl (C=O) groups excluding carboxylic acids is 1. The van der Waals surface area contributed by atoms with Gasteiger partial charge >= 0.3 is 6.03 Å². The van der Waals surface area contributed by atoms with Crippen LogP contribution in [-0.4, -0.2) is 28.0 Å². The molecule has 1 saturated carbocycles. The number of hydrogen-bond donors (Lipinski definition) is 2. The first-order valence-corrected chi connectivity index (χ1v) is 8.19. The first-order chi connectivity index (χ1) is 10.7. The number of pyridine rings is 1. The Kier molecular flexibility index (Phi) is 4.61. The number of imidazole rings is 1. The Bertz CT molecular complexity index is 643. The number of carbonyl (C=O) groups is 1. The molecule has 0 unspecified atom stereocenters. The monoisotopic (exact) mass is 300 g/mol. The third-order valence-electron chi connectivity index (χ3n) is 4.27. The lowest BCUT2D eigenvalue weighted by molar-refractivity contribution is 0.233. The van der Waals surface area contributed by atoms with Crippen molar-refractivity contribution in [2.24, 2.45) is 0 Å². The van der Waals surface area contributed by atoms with Gasteiger partial charge in [-0.3, -0.25) is 0 Å². The lowest BCUT2D eigenvalue weighted by atomic mass is 9.96. The van der Waals surface area contributed by atoms with Gasteiger partial charge in [0.15, 0.2) is 0 Å². The second kappa shape index (κ2) is 6.81. The molecule has 0 radical (unpaired) electrons. The molecule has 2 heterocycles. The normalized spacial score (nSPS) is 15.9. The predicted octanol–water partition coefficient (Wildman–Crippen LogP) is 2.82. The van der Waals surface area contributed by atoms with E-state index in [0.29, 0.717) is 12.6 Å². The van der Waals surface area contributed by atoms with Gasteiger partial charge in [-0.15, -0.1) is 0 Å². The van der Waals surface area contributed by atoms with Crippen molar-refractivity contribution < 1.29 is 4.79 Å². The number of nitrogens with zero attached hydrogens (tertiary/aromatic N) is 2. The third-order valence-corrected chi connectivity index (χ3v) is 4.27. The van der Waals surface area contributed by atoms with Crippen molar-refractivity contribution in [1.29, 1.82) is 0 Å². The largest absolute Gasteiger partial charge is 0.338 e. The number of rotatable bonds is 4. The molecular weight excluding hydrogens is 276 g/mol. The molecule has 0 aliphatic heterocycles. The van der Waals surface area contributed by atoms with Gasteiger partial charge in [0.2, 0.25) is 0 Å². The SMILES string of the molecule is Cc1ccn2cc(CCNC(=O)NC3CCCCC3)nc2c1. The molecule has 2 N–H and O–H groups in total. The smallest absolute Gasteiger partial charge is 0.315 e. The first-order valence-electron chi connectivity index (χ1n) is 8.19. The zero-order valence-corrected chi connectivity index (χ0v) is 13.1. The van der Waals surface area contributed by atoms with Crippen molar-refractivity contribution in [3.63, 3.8) is 0 Å². The predicted molar refractivity (Wildman–Crippen MR) is 87.0 cm³/mol. The minimum absolute atomic E-state index is 0.0495. The molecule has 0 bridgehead atoms. The molecule has 22 heavy (non-hydrogen) atoms. The van der Waals surface area contributed by atoms with E-state index in [2.05, 4.69) is 34.7 Å². The van der Waals surface area contributed by atoms with Crippen LogP contribution in [-0.2, 0) is 6.42 Å². The second-order valence-corrected chi connectivity index (χ2v) is 6.19. The summed E-state index contributed by atoms with van der Waals surface area (Å²) in [4.78, 5) is 16.4. The average molecular weight is 300 g/mol. The van der Waals surface area contributed by atoms with Crippen molar-refractivity contribution in [2.45, 2.75) is 51.5 Å². The average Bonchev–Trinajstić information content (AvgIpc) is 2.90. The summed E-state index contributed by atoms with van der Waals surface area (Å²) in [6.45, 7) is 2.67. The van der Waals surface area contributed by atoms with Gasteiger partial charge in [-0.1, -0.05) is 19.3 Å². The van der Waals surface area contributed by atoms with Crippen LogP contribution in [0.15, 0.2) is 24.5 Å². The van der Waals surface area contributed by atoms with Gasteiger partial charge < -0.3 is 15.0 Å². The van der Waals surface area contributed by atoms with E-state index in [9.17, 15) is 4.79 Å². The van der Waals surface area contributed by atoms with E-state index in [1.807, 2.05) is 16.8 Å². The van der Waals surface area contributed by atoms with Crippen LogP contribution in [0.1, 0.15) is 43.4 Å². The van der Waals surface area contributed by atoms with Crippen LogP contribution in [0, 0.1) is 6.92 Å². The van der Waals surface area contributed by atoms with E-state index in [1.54, 1.807) is 0 Å². The summed E-state index contributed by atoms with van der Waals surface area (Å²) >= 11 is 0. The summed E-state index contributed by atoms with van der Waals surface area (Å²) in [5, 5.41) is 6.00. The van der Waals surface area contributed by atoms with Crippen LogP contribution in [0.5, 0.6) is 0 Å². The fourth-order valence-electron chi connectivity index (χ4n) is 3.04. The highest BCUT2D eigenvalue weighted by molar-refractivity contribution is 5.74. The fraction of sp³-hybridized carbons (Fsp3) is 0.529. The quantitative estimate of drug-likeness (QED) is 0.912. The van der Waals surface area contributed by atoms with Crippen molar-refractivity contribution >= 4 is 11.7 Å². The zero-order chi connectivity index (χ0) is 15.4. The molecule has 5 nitrogen and oxygen atoms in total. The molecular formula is C17H24N4O. The maximum absolute atomic E-state index is 11.9. The van der Waals surface area contributed by atoms with Gasteiger partial charge in [-0.2, -0.15) is 0 Å². The number of aromatic nitrogens is 2. The van der Waals surface area contributed by atoms with Crippen molar-refractivity contribution in [3.8, 4) is 0 Å². The minimum Gasteiger partial charge on any atom is -0.338 e. The van der Waals surface area contributed by atoms with Crippen LogP contribution in [0.25, 0.3) is 5.65 Å². The Hall–Kier alpha value is -2.04. The van der Waals surface area contributed by atoms with Gasteiger partial charge in [0.25, 0.3) is 0 Å². The standard InChI is InChI=1S/C17H24N4O/c1-13-8-10-21-12-15(19-16(21)11-13)7-9-18-17(22)20-14-5-3-2-4-6-14/h8,10-12,14H,2-7,9H2,1H3,(H2,18,20,22). The minimum atomic E-state index is -0.0495. The zero-order valence-electron chi connectivity index (χ0n) is 13.1. The van der Waals surface area contributed by atoms with Crippen LogP contribution < -0.4 is 10.6 Å². The molecule has 1 aliphatic carbocycles. The van der Waals surface area contributed by atoms with Gasteiger partial charge in [0.1, 0.15) is 5.65 Å². The Labute approximate surface area is 131 Å². The molecule has 0 saturated heterocycles. The van der Waals surface area contributed by atoms with E-state index < -0.39 is 0 Å². The number of fused-ring (bicyclic) bond motifs is 1. The molecule has 3 rings (SSSR count). The molecule has 0 atom stereocenters. The summed E-state index contributed by atoms with van der Waals surface area (Å²) in [6.07, 6.45) is 10.8. The summed E-state index contributed by atoms with van der Waals surface area (Å²) < 4.78 is 2.02. The van der Waals surface area contributed by atoms with E-state index in [0.717, 1.165) is 30.6 Å². The number of aryl methyl sites for hydroxylation is 1. The van der Waals surface area contributed by atoms with Crippen LogP contribution in [0.3, 0.4) is 0 Å². The summed E-state index contributed by atoms with van der Waals surface area (Å²) in [5.41, 5.74) is 3.17. The van der Waals surface area contributed by atoms with Crippen LogP contribution in [0.2, 0.25) is 0 Å². The number of urea groups is 1. The Balaban J connectivity index is 1.46. The molecule has 5 heteroatoms. The highest BCUT2D eigenvalue weighted by Gasteiger charge is 2.15. The van der Waals surface area contributed by atoms with Crippen LogP contribution in [0.4, 0.5) is 4.79 Å². The molecule has 0 aromatic carbocycles. The molecule has 0 spiro atoms. The molecule has 2 aromatic heterocycles. The van der Waals surface area contributed by atoms with Crippen molar-refractivity contribution in [1.82, 2.24) is 20.0 Å². The Morgan fingerprint density at radius 1 is 1.36 bits per heavy atom. The van der Waals surface area contributed by atoms with Gasteiger partial charge in [-0.05, 0) is 37.5 Å². The van der Waals surface area contributed by atoms with Crippen molar-refractivity contribution in [2.75, 3.05) is 6.54 Å².